The summed E-state index contributed by atoms with van der Waals surface area (Å²) in [4.78, 5) is 27.5. The highest BCUT2D eigenvalue weighted by Gasteiger charge is 2.48. The molecular formula is C28H25F2NO5. The molecule has 1 amide bonds. The van der Waals surface area contributed by atoms with Gasteiger partial charge in [0.05, 0.1) is 31.0 Å². The van der Waals surface area contributed by atoms with Gasteiger partial charge in [0.25, 0.3) is 11.7 Å². The average molecular weight is 494 g/mol. The third-order valence-corrected chi connectivity index (χ3v) is 6.20. The maximum absolute atomic E-state index is 14.9. The second-order valence-corrected chi connectivity index (χ2v) is 8.41. The summed E-state index contributed by atoms with van der Waals surface area (Å²) in [5, 5.41) is 11.3. The van der Waals surface area contributed by atoms with Crippen LogP contribution in [0.25, 0.3) is 5.76 Å². The Morgan fingerprint density at radius 3 is 2.36 bits per heavy atom. The molecule has 1 fully saturated rings. The number of ketones is 1. The summed E-state index contributed by atoms with van der Waals surface area (Å²) in [6.07, 6.45) is 0. The fourth-order valence-electron chi connectivity index (χ4n) is 4.25. The molecule has 0 spiro atoms. The van der Waals surface area contributed by atoms with Crippen molar-refractivity contribution in [1.82, 2.24) is 0 Å². The number of aliphatic hydroxyl groups is 1. The molecule has 0 aliphatic carbocycles. The van der Waals surface area contributed by atoms with Crippen molar-refractivity contribution in [1.29, 1.82) is 0 Å². The van der Waals surface area contributed by atoms with Crippen LogP contribution in [0.4, 0.5) is 14.5 Å². The van der Waals surface area contributed by atoms with Crippen LogP contribution in [0.3, 0.4) is 0 Å². The van der Waals surface area contributed by atoms with Crippen LogP contribution in [0.1, 0.15) is 35.2 Å². The number of nitrogens with zero attached hydrogens (tertiary/aromatic N) is 1. The Bertz CT molecular complexity index is 1400. The van der Waals surface area contributed by atoms with Gasteiger partial charge in [0.15, 0.2) is 11.5 Å². The highest BCUT2D eigenvalue weighted by Crippen LogP contribution is 2.45. The molecule has 1 atom stereocenters. The zero-order valence-corrected chi connectivity index (χ0v) is 20.3. The Labute approximate surface area is 207 Å². The van der Waals surface area contributed by atoms with Crippen molar-refractivity contribution in [3.05, 3.63) is 94.1 Å². The number of benzene rings is 3. The molecule has 4 rings (SSSR count). The standard InChI is InChI=1S/C28H25F2NO5/c1-5-36-23-13-17(8-11-22(23)35-4)25-24(26(32)18-7-6-15(2)16(3)12-18)27(33)28(34)31(25)21-10-9-19(29)14-20(21)30/h6-14,25,32H,5H2,1-4H3/b26-24+. The van der Waals surface area contributed by atoms with E-state index in [1.54, 1.807) is 43.3 Å². The summed E-state index contributed by atoms with van der Waals surface area (Å²) in [5.74, 6) is -3.54. The van der Waals surface area contributed by atoms with Gasteiger partial charge in [-0.25, -0.2) is 8.78 Å². The second kappa shape index (κ2) is 9.81. The van der Waals surface area contributed by atoms with Crippen LogP contribution in [-0.2, 0) is 9.59 Å². The van der Waals surface area contributed by atoms with Crippen LogP contribution >= 0.6 is 0 Å². The van der Waals surface area contributed by atoms with E-state index in [0.29, 0.717) is 35.3 Å². The van der Waals surface area contributed by atoms with Crippen LogP contribution in [0.2, 0.25) is 0 Å². The molecule has 1 unspecified atom stereocenters. The minimum Gasteiger partial charge on any atom is -0.507 e. The summed E-state index contributed by atoms with van der Waals surface area (Å²) >= 11 is 0. The monoisotopic (exact) mass is 493 g/mol. The lowest BCUT2D eigenvalue weighted by Crippen LogP contribution is -2.30. The fourth-order valence-corrected chi connectivity index (χ4v) is 4.25. The molecule has 0 saturated carbocycles. The molecule has 1 heterocycles. The lowest BCUT2D eigenvalue weighted by molar-refractivity contribution is -0.132. The molecule has 3 aromatic carbocycles. The first kappa shape index (κ1) is 24.9. The molecule has 0 radical (unpaired) electrons. The molecule has 0 aromatic heterocycles. The predicted molar refractivity (Wildman–Crippen MR) is 131 cm³/mol. The Morgan fingerprint density at radius 2 is 1.72 bits per heavy atom. The molecule has 1 aliphatic rings. The maximum Gasteiger partial charge on any atom is 0.300 e. The number of rotatable bonds is 6. The summed E-state index contributed by atoms with van der Waals surface area (Å²) in [6, 6.07) is 11.4. The molecule has 8 heteroatoms. The van der Waals surface area contributed by atoms with Gasteiger partial charge in [-0.1, -0.05) is 18.2 Å². The number of hydrogen-bond acceptors (Lipinski definition) is 5. The van der Waals surface area contributed by atoms with Gasteiger partial charge in [-0.3, -0.25) is 14.5 Å². The Hall–Kier alpha value is -4.20. The average Bonchev–Trinajstić information content (AvgIpc) is 3.11. The lowest BCUT2D eigenvalue weighted by Gasteiger charge is -2.26. The van der Waals surface area contributed by atoms with E-state index in [1.165, 1.54) is 7.11 Å². The third kappa shape index (κ3) is 4.30. The topological polar surface area (TPSA) is 76.1 Å². The van der Waals surface area contributed by atoms with Crippen molar-refractivity contribution >= 4 is 23.1 Å². The first-order valence-electron chi connectivity index (χ1n) is 11.3. The molecule has 36 heavy (non-hydrogen) atoms. The summed E-state index contributed by atoms with van der Waals surface area (Å²) in [6.45, 7) is 5.86. The molecule has 6 nitrogen and oxygen atoms in total. The number of halogens is 2. The molecule has 3 aromatic rings. The van der Waals surface area contributed by atoms with Gasteiger partial charge in [-0.2, -0.15) is 0 Å². The van der Waals surface area contributed by atoms with Gasteiger partial charge in [0, 0.05) is 11.6 Å². The Balaban J connectivity index is 1.99. The van der Waals surface area contributed by atoms with E-state index in [9.17, 15) is 23.5 Å². The van der Waals surface area contributed by atoms with Gasteiger partial charge in [0.1, 0.15) is 17.4 Å². The van der Waals surface area contributed by atoms with E-state index in [2.05, 4.69) is 0 Å². The number of anilines is 1. The van der Waals surface area contributed by atoms with Crippen molar-refractivity contribution in [2.45, 2.75) is 26.8 Å². The molecule has 1 aliphatic heterocycles. The first-order chi connectivity index (χ1) is 17.2. The van der Waals surface area contributed by atoms with Crippen molar-refractivity contribution in [3.63, 3.8) is 0 Å². The van der Waals surface area contributed by atoms with E-state index in [-0.39, 0.29) is 11.3 Å². The van der Waals surface area contributed by atoms with Gasteiger partial charge < -0.3 is 14.6 Å². The minimum atomic E-state index is -1.21. The summed E-state index contributed by atoms with van der Waals surface area (Å²) in [7, 11) is 1.47. The largest absolute Gasteiger partial charge is 0.507 e. The number of amides is 1. The maximum atomic E-state index is 14.9. The highest BCUT2D eigenvalue weighted by molar-refractivity contribution is 6.51. The zero-order valence-electron chi connectivity index (χ0n) is 20.3. The van der Waals surface area contributed by atoms with E-state index in [4.69, 9.17) is 9.47 Å². The van der Waals surface area contributed by atoms with Crippen LogP contribution in [0.5, 0.6) is 11.5 Å². The van der Waals surface area contributed by atoms with Gasteiger partial charge >= 0.3 is 0 Å². The van der Waals surface area contributed by atoms with Crippen molar-refractivity contribution in [2.75, 3.05) is 18.6 Å². The van der Waals surface area contributed by atoms with Gasteiger partial charge in [-0.05, 0) is 67.8 Å². The first-order valence-corrected chi connectivity index (χ1v) is 11.3. The Kier molecular flexibility index (Phi) is 6.79. The van der Waals surface area contributed by atoms with Gasteiger partial charge in [-0.15, -0.1) is 0 Å². The number of hydrogen-bond donors (Lipinski definition) is 1. The number of carbonyl (C=O) groups excluding carboxylic acids is 2. The fraction of sp³-hybridized carbons (Fsp3) is 0.214. The van der Waals surface area contributed by atoms with E-state index < -0.39 is 35.1 Å². The quantitative estimate of drug-likeness (QED) is 0.274. The van der Waals surface area contributed by atoms with Crippen molar-refractivity contribution < 1.29 is 33.0 Å². The SMILES string of the molecule is CCOc1cc(C2/C(=C(\O)c3ccc(C)c(C)c3)C(=O)C(=O)N2c2ccc(F)cc2F)ccc1OC. The smallest absolute Gasteiger partial charge is 0.300 e. The normalized spacial score (nSPS) is 16.9. The molecular weight excluding hydrogens is 468 g/mol. The van der Waals surface area contributed by atoms with Crippen LogP contribution in [0, 0.1) is 25.5 Å². The summed E-state index contributed by atoms with van der Waals surface area (Å²) < 4.78 is 39.5. The number of aliphatic hydroxyl groups excluding tert-OH is 1. The summed E-state index contributed by atoms with van der Waals surface area (Å²) in [5.41, 5.74) is 2.04. The second-order valence-electron chi connectivity index (χ2n) is 8.41. The van der Waals surface area contributed by atoms with Gasteiger partial charge in [0.2, 0.25) is 0 Å². The number of carbonyl (C=O) groups is 2. The van der Waals surface area contributed by atoms with Crippen LogP contribution in [0.15, 0.2) is 60.2 Å². The predicted octanol–water partition coefficient (Wildman–Crippen LogP) is 5.62. The highest BCUT2D eigenvalue weighted by atomic mass is 19.1. The third-order valence-electron chi connectivity index (χ3n) is 6.20. The zero-order chi connectivity index (χ0) is 26.1. The van der Waals surface area contributed by atoms with Crippen LogP contribution < -0.4 is 14.4 Å². The Morgan fingerprint density at radius 1 is 0.972 bits per heavy atom. The lowest BCUT2D eigenvalue weighted by atomic mass is 9.94. The van der Waals surface area contributed by atoms with E-state index in [0.717, 1.165) is 28.2 Å². The van der Waals surface area contributed by atoms with E-state index >= 15 is 0 Å². The number of ether oxygens (including phenoxy) is 2. The number of aryl methyl sites for hydroxylation is 2. The molecule has 186 valence electrons. The van der Waals surface area contributed by atoms with E-state index in [1.807, 2.05) is 13.8 Å². The minimum absolute atomic E-state index is 0.223. The van der Waals surface area contributed by atoms with Crippen molar-refractivity contribution in [2.24, 2.45) is 0 Å². The van der Waals surface area contributed by atoms with Crippen molar-refractivity contribution in [3.8, 4) is 11.5 Å². The molecule has 0 bridgehead atoms. The molecule has 1 N–H and O–H groups in total. The number of Topliss-reactive ketones (excluding diaryl/α,β-unsaturated/α-hetero) is 1. The van der Waals surface area contributed by atoms with Crippen LogP contribution in [-0.4, -0.2) is 30.5 Å². The number of methoxy groups -OCH3 is 1. The molecule has 1 saturated heterocycles.